The quantitative estimate of drug-likeness (QED) is 0.936. The Balaban J connectivity index is 2.09. The van der Waals surface area contributed by atoms with E-state index in [1.807, 2.05) is 12.1 Å². The van der Waals surface area contributed by atoms with E-state index >= 15 is 0 Å². The summed E-state index contributed by atoms with van der Waals surface area (Å²) in [6.07, 6.45) is 4.33. The molecule has 3 rings (SSSR count). The van der Waals surface area contributed by atoms with Crippen LogP contribution >= 0.6 is 0 Å². The number of hydrogen-bond donors (Lipinski definition) is 1. The number of methoxy groups -OCH3 is 1. The largest absolute Gasteiger partial charge is 0.453 e. The molecular formula is C17H23N5O2. The molecule has 1 N–H and O–H groups in total. The Morgan fingerprint density at radius 2 is 2.00 bits per heavy atom. The molecule has 0 spiro atoms. The predicted molar refractivity (Wildman–Crippen MR) is 88.9 cm³/mol. The van der Waals surface area contributed by atoms with Crippen molar-refractivity contribution < 1.29 is 9.53 Å². The molecule has 0 atom stereocenters. The molecule has 1 heterocycles. The molecular weight excluding hydrogens is 306 g/mol. The maximum Gasteiger partial charge on any atom is 0.407 e. The highest BCUT2D eigenvalue weighted by Crippen LogP contribution is 2.37. The van der Waals surface area contributed by atoms with E-state index in [2.05, 4.69) is 40.8 Å². The second-order valence-corrected chi connectivity index (χ2v) is 6.39. The number of aromatic nitrogens is 4. The van der Waals surface area contributed by atoms with E-state index in [1.54, 1.807) is 4.68 Å². The number of ether oxygens (including phenoxy) is 1. The lowest BCUT2D eigenvalue weighted by Crippen LogP contribution is -2.49. The first kappa shape index (κ1) is 16.4. The summed E-state index contributed by atoms with van der Waals surface area (Å²) in [5.41, 5.74) is 2.64. The number of nitrogens with one attached hydrogen (secondary N) is 1. The van der Waals surface area contributed by atoms with Gasteiger partial charge in [0.25, 0.3) is 0 Å². The number of tetrazole rings is 1. The lowest BCUT2D eigenvalue weighted by atomic mass is 9.81. The van der Waals surface area contributed by atoms with Crippen molar-refractivity contribution in [2.45, 2.75) is 51.5 Å². The Morgan fingerprint density at radius 3 is 2.71 bits per heavy atom. The van der Waals surface area contributed by atoms with Crippen molar-refractivity contribution in [3.63, 3.8) is 0 Å². The number of carbonyl (C=O) groups is 1. The van der Waals surface area contributed by atoms with Gasteiger partial charge in [-0.1, -0.05) is 31.4 Å². The first-order chi connectivity index (χ1) is 11.6. The fourth-order valence-corrected chi connectivity index (χ4v) is 3.42. The van der Waals surface area contributed by atoms with Gasteiger partial charge in [0.1, 0.15) is 5.54 Å². The van der Waals surface area contributed by atoms with Gasteiger partial charge in [-0.2, -0.15) is 4.68 Å². The zero-order chi connectivity index (χ0) is 17.2. The third-order valence-corrected chi connectivity index (χ3v) is 4.94. The number of rotatable bonds is 3. The highest BCUT2D eigenvalue weighted by Gasteiger charge is 2.41. The molecule has 2 aromatic rings. The molecule has 1 aromatic heterocycles. The maximum absolute atomic E-state index is 11.9. The fraction of sp³-hybridized carbons (Fsp3) is 0.529. The third-order valence-electron chi connectivity index (χ3n) is 4.94. The van der Waals surface area contributed by atoms with Gasteiger partial charge in [-0.25, -0.2) is 4.79 Å². The molecule has 1 amide bonds. The van der Waals surface area contributed by atoms with Crippen molar-refractivity contribution in [2.75, 3.05) is 7.11 Å². The average Bonchev–Trinajstić information content (AvgIpc) is 3.08. The van der Waals surface area contributed by atoms with Crippen LogP contribution in [0.25, 0.3) is 5.69 Å². The van der Waals surface area contributed by atoms with E-state index in [-0.39, 0.29) is 0 Å². The SMILES string of the molecule is COC(=O)NC1(c2nnnn2-c2cccc(C)c2C)CCCCC1. The Labute approximate surface area is 141 Å². The van der Waals surface area contributed by atoms with Gasteiger partial charge >= 0.3 is 6.09 Å². The summed E-state index contributed by atoms with van der Waals surface area (Å²) >= 11 is 0. The van der Waals surface area contributed by atoms with Crippen molar-refractivity contribution in [1.82, 2.24) is 25.5 Å². The molecule has 0 aliphatic heterocycles. The summed E-state index contributed by atoms with van der Waals surface area (Å²) < 4.78 is 6.59. The minimum Gasteiger partial charge on any atom is -0.453 e. The highest BCUT2D eigenvalue weighted by molar-refractivity contribution is 5.68. The zero-order valence-corrected chi connectivity index (χ0v) is 14.4. The smallest absolute Gasteiger partial charge is 0.407 e. The van der Waals surface area contributed by atoms with Crippen LogP contribution in [0.1, 0.15) is 49.1 Å². The van der Waals surface area contributed by atoms with Gasteiger partial charge in [0.2, 0.25) is 0 Å². The Hall–Kier alpha value is -2.44. The van der Waals surface area contributed by atoms with Crippen LogP contribution in [0.2, 0.25) is 0 Å². The van der Waals surface area contributed by atoms with Crippen LogP contribution in [0.3, 0.4) is 0 Å². The van der Waals surface area contributed by atoms with Crippen LogP contribution in [0.15, 0.2) is 18.2 Å². The molecule has 1 aliphatic rings. The number of hydrogen-bond acceptors (Lipinski definition) is 5. The molecule has 1 aromatic carbocycles. The number of nitrogens with zero attached hydrogens (tertiary/aromatic N) is 4. The lowest BCUT2D eigenvalue weighted by molar-refractivity contribution is 0.139. The first-order valence-corrected chi connectivity index (χ1v) is 8.29. The molecule has 128 valence electrons. The van der Waals surface area contributed by atoms with Crippen molar-refractivity contribution in [1.29, 1.82) is 0 Å². The van der Waals surface area contributed by atoms with Crippen LogP contribution in [-0.4, -0.2) is 33.4 Å². The summed E-state index contributed by atoms with van der Waals surface area (Å²) in [7, 11) is 1.37. The van der Waals surface area contributed by atoms with Gasteiger partial charge in [-0.05, 0) is 54.3 Å². The molecule has 0 unspecified atom stereocenters. The number of carbonyl (C=O) groups excluding carboxylic acids is 1. The molecule has 0 radical (unpaired) electrons. The van der Waals surface area contributed by atoms with E-state index in [9.17, 15) is 4.79 Å². The van der Waals surface area contributed by atoms with E-state index in [1.165, 1.54) is 12.7 Å². The van der Waals surface area contributed by atoms with Crippen LogP contribution in [0.4, 0.5) is 4.79 Å². The normalized spacial score (nSPS) is 16.6. The predicted octanol–water partition coefficient (Wildman–Crippen LogP) is 2.79. The zero-order valence-electron chi connectivity index (χ0n) is 14.4. The van der Waals surface area contributed by atoms with Gasteiger partial charge in [0.05, 0.1) is 12.8 Å². The van der Waals surface area contributed by atoms with Crippen molar-refractivity contribution in [3.05, 3.63) is 35.2 Å². The number of aryl methyl sites for hydroxylation is 1. The number of benzene rings is 1. The van der Waals surface area contributed by atoms with Gasteiger partial charge < -0.3 is 10.1 Å². The summed E-state index contributed by atoms with van der Waals surface area (Å²) in [6, 6.07) is 6.05. The Bertz CT molecular complexity index is 734. The molecule has 1 saturated carbocycles. The molecule has 1 fully saturated rings. The summed E-state index contributed by atoms with van der Waals surface area (Å²) in [6.45, 7) is 4.11. The second kappa shape index (κ2) is 6.59. The second-order valence-electron chi connectivity index (χ2n) is 6.39. The van der Waals surface area contributed by atoms with Crippen LogP contribution in [0, 0.1) is 13.8 Å². The van der Waals surface area contributed by atoms with Crippen LogP contribution in [-0.2, 0) is 10.3 Å². The molecule has 1 aliphatic carbocycles. The Morgan fingerprint density at radius 1 is 1.25 bits per heavy atom. The van der Waals surface area contributed by atoms with Gasteiger partial charge in [0.15, 0.2) is 5.82 Å². The minimum absolute atomic E-state index is 0.451. The van der Waals surface area contributed by atoms with E-state index < -0.39 is 11.6 Å². The fourth-order valence-electron chi connectivity index (χ4n) is 3.42. The van der Waals surface area contributed by atoms with Crippen LogP contribution in [0.5, 0.6) is 0 Å². The van der Waals surface area contributed by atoms with Crippen molar-refractivity contribution >= 4 is 6.09 Å². The topological polar surface area (TPSA) is 81.9 Å². The molecule has 0 saturated heterocycles. The standard InChI is InChI=1S/C17H23N5O2/c1-12-8-7-9-14(13(12)2)22-15(19-20-21-22)17(18-16(23)24-3)10-5-4-6-11-17/h7-9H,4-6,10-11H2,1-3H3,(H,18,23). The molecule has 24 heavy (non-hydrogen) atoms. The lowest BCUT2D eigenvalue weighted by Gasteiger charge is -2.36. The Kier molecular flexibility index (Phi) is 4.51. The van der Waals surface area contributed by atoms with E-state index in [0.717, 1.165) is 43.4 Å². The van der Waals surface area contributed by atoms with Gasteiger partial charge in [-0.15, -0.1) is 5.10 Å². The van der Waals surface area contributed by atoms with Crippen molar-refractivity contribution in [3.8, 4) is 5.69 Å². The van der Waals surface area contributed by atoms with Crippen LogP contribution < -0.4 is 5.32 Å². The summed E-state index contributed by atoms with van der Waals surface area (Å²) in [4.78, 5) is 11.9. The monoisotopic (exact) mass is 329 g/mol. The molecule has 7 heteroatoms. The number of alkyl carbamates (subject to hydrolysis) is 1. The van der Waals surface area contributed by atoms with Gasteiger partial charge in [-0.3, -0.25) is 0 Å². The summed E-state index contributed by atoms with van der Waals surface area (Å²) in [5.74, 6) is 0.668. The molecule has 7 nitrogen and oxygen atoms in total. The third kappa shape index (κ3) is 2.86. The highest BCUT2D eigenvalue weighted by atomic mass is 16.5. The molecule has 0 bridgehead atoms. The van der Waals surface area contributed by atoms with E-state index in [0.29, 0.717) is 5.82 Å². The maximum atomic E-state index is 11.9. The minimum atomic E-state index is -0.592. The number of amides is 1. The van der Waals surface area contributed by atoms with E-state index in [4.69, 9.17) is 4.74 Å². The summed E-state index contributed by atoms with van der Waals surface area (Å²) in [5, 5.41) is 15.4. The van der Waals surface area contributed by atoms with Gasteiger partial charge in [0, 0.05) is 0 Å². The first-order valence-electron chi connectivity index (χ1n) is 8.29. The van der Waals surface area contributed by atoms with Crippen molar-refractivity contribution in [2.24, 2.45) is 0 Å². The average molecular weight is 329 g/mol.